The van der Waals surface area contributed by atoms with Crippen LogP contribution in [0.5, 0.6) is 0 Å². The molecule has 4 nitrogen and oxygen atoms in total. The molecule has 0 bridgehead atoms. The van der Waals surface area contributed by atoms with Crippen molar-refractivity contribution < 1.29 is 9.32 Å². The quantitative estimate of drug-likeness (QED) is 0.715. The molecule has 0 unspecified atom stereocenters. The fourth-order valence-electron chi connectivity index (χ4n) is 2.49. The summed E-state index contributed by atoms with van der Waals surface area (Å²) in [6.45, 7) is 3.15. The Balaban J connectivity index is 1.86. The molecule has 0 radical (unpaired) electrons. The predicted octanol–water partition coefficient (Wildman–Crippen LogP) is 4.00. The van der Waals surface area contributed by atoms with Gasteiger partial charge in [0.2, 0.25) is 0 Å². The number of nitrogens with zero attached hydrogens (tertiary/aromatic N) is 2. The Bertz CT molecular complexity index is 766. The maximum Gasteiger partial charge on any atom is 0.259 e. The highest BCUT2D eigenvalue weighted by atomic mass is 16.5. The van der Waals surface area contributed by atoms with Crippen molar-refractivity contribution in [1.82, 2.24) is 10.1 Å². The summed E-state index contributed by atoms with van der Waals surface area (Å²) in [6.07, 6.45) is 1.50. The molecule has 116 valence electrons. The highest BCUT2D eigenvalue weighted by Crippen LogP contribution is 2.24. The second kappa shape index (κ2) is 6.92. The zero-order valence-corrected chi connectivity index (χ0v) is 13.0. The van der Waals surface area contributed by atoms with Crippen LogP contribution in [0.4, 0.5) is 0 Å². The standard InChI is InChI=1S/C19H18N2O2/c1-2-21(14-15-9-5-3-6-10-15)19(22)17-13-20-23-18(17)16-11-7-4-8-12-16/h3-13H,2,14H2,1H3. The summed E-state index contributed by atoms with van der Waals surface area (Å²) < 4.78 is 5.32. The van der Waals surface area contributed by atoms with Crippen LogP contribution in [0.2, 0.25) is 0 Å². The number of benzene rings is 2. The normalized spacial score (nSPS) is 10.5. The first kappa shape index (κ1) is 15.0. The zero-order chi connectivity index (χ0) is 16.1. The van der Waals surface area contributed by atoms with Crippen molar-refractivity contribution in [2.45, 2.75) is 13.5 Å². The second-order valence-electron chi connectivity index (χ2n) is 5.24. The van der Waals surface area contributed by atoms with Crippen LogP contribution in [-0.2, 0) is 6.54 Å². The lowest BCUT2D eigenvalue weighted by atomic mass is 10.1. The SMILES string of the molecule is CCN(Cc1ccccc1)C(=O)c1cnoc1-c1ccccc1. The summed E-state index contributed by atoms with van der Waals surface area (Å²) >= 11 is 0. The average Bonchev–Trinajstić information content (AvgIpc) is 3.10. The smallest absolute Gasteiger partial charge is 0.259 e. The van der Waals surface area contributed by atoms with Crippen LogP contribution >= 0.6 is 0 Å². The molecule has 1 aromatic heterocycles. The molecule has 0 aliphatic heterocycles. The van der Waals surface area contributed by atoms with Crippen LogP contribution < -0.4 is 0 Å². The Morgan fingerprint density at radius 1 is 1.04 bits per heavy atom. The molecule has 1 amide bonds. The number of hydrogen-bond donors (Lipinski definition) is 0. The van der Waals surface area contributed by atoms with E-state index in [-0.39, 0.29) is 5.91 Å². The van der Waals surface area contributed by atoms with E-state index in [0.717, 1.165) is 11.1 Å². The highest BCUT2D eigenvalue weighted by Gasteiger charge is 2.22. The van der Waals surface area contributed by atoms with E-state index in [1.54, 1.807) is 4.90 Å². The van der Waals surface area contributed by atoms with Crippen molar-refractivity contribution >= 4 is 5.91 Å². The third-order valence-electron chi connectivity index (χ3n) is 3.72. The highest BCUT2D eigenvalue weighted by molar-refractivity contribution is 5.99. The van der Waals surface area contributed by atoms with E-state index in [0.29, 0.717) is 24.4 Å². The fourth-order valence-corrected chi connectivity index (χ4v) is 2.49. The largest absolute Gasteiger partial charge is 0.355 e. The monoisotopic (exact) mass is 306 g/mol. The molecule has 0 spiro atoms. The fraction of sp³-hybridized carbons (Fsp3) is 0.158. The van der Waals surface area contributed by atoms with Gasteiger partial charge in [-0.3, -0.25) is 4.79 Å². The Hall–Kier alpha value is -2.88. The van der Waals surface area contributed by atoms with E-state index in [9.17, 15) is 4.79 Å². The van der Waals surface area contributed by atoms with Crippen molar-refractivity contribution in [3.63, 3.8) is 0 Å². The van der Waals surface area contributed by atoms with Gasteiger partial charge in [-0.15, -0.1) is 0 Å². The van der Waals surface area contributed by atoms with Crippen molar-refractivity contribution in [2.75, 3.05) is 6.54 Å². The van der Waals surface area contributed by atoms with E-state index in [1.165, 1.54) is 6.20 Å². The molecule has 0 atom stereocenters. The van der Waals surface area contributed by atoms with E-state index in [4.69, 9.17) is 4.52 Å². The van der Waals surface area contributed by atoms with Crippen LogP contribution in [0.3, 0.4) is 0 Å². The first-order chi connectivity index (χ1) is 11.3. The van der Waals surface area contributed by atoms with Gasteiger partial charge in [0.25, 0.3) is 5.91 Å². The molecule has 23 heavy (non-hydrogen) atoms. The molecule has 1 heterocycles. The molecule has 3 aromatic rings. The van der Waals surface area contributed by atoms with Gasteiger partial charge in [-0.05, 0) is 12.5 Å². The van der Waals surface area contributed by atoms with Gasteiger partial charge in [0, 0.05) is 18.7 Å². The van der Waals surface area contributed by atoms with Gasteiger partial charge >= 0.3 is 0 Å². The number of amides is 1. The molecule has 0 fully saturated rings. The van der Waals surface area contributed by atoms with Crippen molar-refractivity contribution in [3.05, 3.63) is 78.0 Å². The zero-order valence-electron chi connectivity index (χ0n) is 13.0. The van der Waals surface area contributed by atoms with Gasteiger partial charge in [-0.2, -0.15) is 0 Å². The molecule has 0 saturated carbocycles. The molecule has 0 aliphatic carbocycles. The molecule has 4 heteroatoms. The van der Waals surface area contributed by atoms with Crippen LogP contribution in [-0.4, -0.2) is 22.5 Å². The van der Waals surface area contributed by atoms with Crippen LogP contribution in [0, 0.1) is 0 Å². The second-order valence-corrected chi connectivity index (χ2v) is 5.24. The van der Waals surface area contributed by atoms with Gasteiger partial charge in [0.05, 0.1) is 6.20 Å². The average molecular weight is 306 g/mol. The summed E-state index contributed by atoms with van der Waals surface area (Å²) in [7, 11) is 0. The van der Waals surface area contributed by atoms with Gasteiger partial charge in [0.15, 0.2) is 5.76 Å². The number of aromatic nitrogens is 1. The van der Waals surface area contributed by atoms with Crippen molar-refractivity contribution in [2.24, 2.45) is 0 Å². The molecule has 0 saturated heterocycles. The molecular weight excluding hydrogens is 288 g/mol. The van der Waals surface area contributed by atoms with Gasteiger partial charge in [0.1, 0.15) is 5.56 Å². The van der Waals surface area contributed by atoms with Crippen LogP contribution in [0.15, 0.2) is 71.4 Å². The lowest BCUT2D eigenvalue weighted by Crippen LogP contribution is -2.30. The third kappa shape index (κ3) is 3.31. The van der Waals surface area contributed by atoms with Crippen molar-refractivity contribution in [3.8, 4) is 11.3 Å². The third-order valence-corrected chi connectivity index (χ3v) is 3.72. The van der Waals surface area contributed by atoms with Crippen LogP contribution in [0.1, 0.15) is 22.8 Å². The summed E-state index contributed by atoms with van der Waals surface area (Å²) in [4.78, 5) is 14.6. The number of carbonyl (C=O) groups is 1. The summed E-state index contributed by atoms with van der Waals surface area (Å²) in [5, 5.41) is 3.82. The van der Waals surface area contributed by atoms with Gasteiger partial charge in [-0.1, -0.05) is 65.8 Å². The minimum absolute atomic E-state index is 0.0727. The van der Waals surface area contributed by atoms with Gasteiger partial charge < -0.3 is 9.42 Å². The minimum atomic E-state index is -0.0727. The molecule has 0 aliphatic rings. The predicted molar refractivity (Wildman–Crippen MR) is 88.8 cm³/mol. The summed E-state index contributed by atoms with van der Waals surface area (Å²) in [5.74, 6) is 0.443. The summed E-state index contributed by atoms with van der Waals surface area (Å²) in [6, 6.07) is 19.5. The summed E-state index contributed by atoms with van der Waals surface area (Å²) in [5.41, 5.74) is 2.44. The van der Waals surface area contributed by atoms with E-state index < -0.39 is 0 Å². The van der Waals surface area contributed by atoms with Gasteiger partial charge in [-0.25, -0.2) is 0 Å². The van der Waals surface area contributed by atoms with E-state index in [2.05, 4.69) is 5.16 Å². The Kier molecular flexibility index (Phi) is 4.52. The maximum absolute atomic E-state index is 12.9. The molecular formula is C19H18N2O2. The van der Waals surface area contributed by atoms with E-state index >= 15 is 0 Å². The Morgan fingerprint density at radius 3 is 2.35 bits per heavy atom. The van der Waals surface area contributed by atoms with E-state index in [1.807, 2.05) is 67.6 Å². The molecule has 0 N–H and O–H groups in total. The number of carbonyl (C=O) groups excluding carboxylic acids is 1. The lowest BCUT2D eigenvalue weighted by Gasteiger charge is -2.20. The Morgan fingerprint density at radius 2 is 1.70 bits per heavy atom. The lowest BCUT2D eigenvalue weighted by molar-refractivity contribution is 0.0753. The van der Waals surface area contributed by atoms with Crippen molar-refractivity contribution in [1.29, 1.82) is 0 Å². The molecule has 3 rings (SSSR count). The molecule has 2 aromatic carbocycles. The maximum atomic E-state index is 12.9. The van der Waals surface area contributed by atoms with Crippen LogP contribution in [0.25, 0.3) is 11.3 Å². The minimum Gasteiger partial charge on any atom is -0.355 e. The first-order valence-electron chi connectivity index (χ1n) is 7.63. The first-order valence-corrected chi connectivity index (χ1v) is 7.63. The number of hydrogen-bond acceptors (Lipinski definition) is 3. The topological polar surface area (TPSA) is 46.3 Å². The Labute approximate surface area is 135 Å². The number of rotatable bonds is 5.